The maximum absolute atomic E-state index is 13.4. The van der Waals surface area contributed by atoms with E-state index in [2.05, 4.69) is 4.90 Å². The third kappa shape index (κ3) is 3.91. The van der Waals surface area contributed by atoms with Crippen LogP contribution in [0, 0.1) is 5.82 Å². The van der Waals surface area contributed by atoms with Gasteiger partial charge in [-0.1, -0.05) is 0 Å². The van der Waals surface area contributed by atoms with E-state index in [4.69, 9.17) is 10.5 Å². The first-order chi connectivity index (χ1) is 9.06. The standard InChI is InChI=1S/C15H23FN2O/c1-11(17)8-12-9-13(16)5-6-15(12)18(2)10-14-4-3-7-19-14/h5-6,9,11,14H,3-4,7-8,10,17H2,1-2H3. The fourth-order valence-corrected chi connectivity index (χ4v) is 2.63. The predicted molar refractivity (Wildman–Crippen MR) is 76.0 cm³/mol. The van der Waals surface area contributed by atoms with Gasteiger partial charge in [0.05, 0.1) is 6.10 Å². The summed E-state index contributed by atoms with van der Waals surface area (Å²) >= 11 is 0. The molecule has 0 saturated carbocycles. The van der Waals surface area contributed by atoms with Crippen LogP contribution in [0.2, 0.25) is 0 Å². The second-order valence-electron chi connectivity index (χ2n) is 5.47. The van der Waals surface area contributed by atoms with E-state index in [1.807, 2.05) is 20.0 Å². The van der Waals surface area contributed by atoms with Gasteiger partial charge in [0.1, 0.15) is 5.82 Å². The molecule has 0 aromatic heterocycles. The maximum atomic E-state index is 13.4. The molecule has 1 saturated heterocycles. The van der Waals surface area contributed by atoms with E-state index in [0.717, 1.165) is 37.2 Å². The molecular formula is C15H23FN2O. The molecule has 2 N–H and O–H groups in total. The first-order valence-electron chi connectivity index (χ1n) is 6.93. The summed E-state index contributed by atoms with van der Waals surface area (Å²) in [4.78, 5) is 2.15. The Morgan fingerprint density at radius 1 is 1.53 bits per heavy atom. The molecular weight excluding hydrogens is 243 g/mol. The van der Waals surface area contributed by atoms with Crippen molar-refractivity contribution in [2.24, 2.45) is 5.73 Å². The van der Waals surface area contributed by atoms with Crippen molar-refractivity contribution in [3.63, 3.8) is 0 Å². The molecule has 1 fully saturated rings. The Labute approximate surface area is 114 Å². The fourth-order valence-electron chi connectivity index (χ4n) is 2.63. The molecule has 1 aromatic rings. The highest BCUT2D eigenvalue weighted by atomic mass is 19.1. The van der Waals surface area contributed by atoms with Gasteiger partial charge in [-0.15, -0.1) is 0 Å². The highest BCUT2D eigenvalue weighted by Crippen LogP contribution is 2.24. The SMILES string of the molecule is CC(N)Cc1cc(F)ccc1N(C)CC1CCCO1. The molecule has 1 aromatic carbocycles. The Morgan fingerprint density at radius 3 is 2.95 bits per heavy atom. The van der Waals surface area contributed by atoms with Crippen molar-refractivity contribution in [2.45, 2.75) is 38.3 Å². The summed E-state index contributed by atoms with van der Waals surface area (Å²) in [6.45, 7) is 3.64. The minimum Gasteiger partial charge on any atom is -0.376 e. The maximum Gasteiger partial charge on any atom is 0.123 e. The van der Waals surface area contributed by atoms with Crippen molar-refractivity contribution in [3.8, 4) is 0 Å². The van der Waals surface area contributed by atoms with E-state index in [-0.39, 0.29) is 11.9 Å². The Bertz CT molecular complexity index is 417. The van der Waals surface area contributed by atoms with Crippen LogP contribution in [-0.4, -0.2) is 32.3 Å². The van der Waals surface area contributed by atoms with Crippen LogP contribution in [0.5, 0.6) is 0 Å². The molecule has 2 unspecified atom stereocenters. The van der Waals surface area contributed by atoms with Crippen molar-refractivity contribution in [1.82, 2.24) is 0 Å². The summed E-state index contributed by atoms with van der Waals surface area (Å²) < 4.78 is 19.0. The number of likely N-dealkylation sites (N-methyl/N-ethyl adjacent to an activating group) is 1. The highest BCUT2D eigenvalue weighted by Gasteiger charge is 2.19. The summed E-state index contributed by atoms with van der Waals surface area (Å²) in [5.74, 6) is -0.204. The van der Waals surface area contributed by atoms with E-state index < -0.39 is 0 Å². The van der Waals surface area contributed by atoms with Gasteiger partial charge in [0.15, 0.2) is 0 Å². The molecule has 0 radical (unpaired) electrons. The summed E-state index contributed by atoms with van der Waals surface area (Å²) in [7, 11) is 2.03. The first kappa shape index (κ1) is 14.3. The van der Waals surface area contributed by atoms with Gasteiger partial charge in [0.25, 0.3) is 0 Å². The average molecular weight is 266 g/mol. The zero-order chi connectivity index (χ0) is 13.8. The molecule has 106 valence electrons. The number of ether oxygens (including phenoxy) is 1. The van der Waals surface area contributed by atoms with Crippen LogP contribution >= 0.6 is 0 Å². The Hall–Kier alpha value is -1.13. The Kier molecular flexibility index (Phi) is 4.77. The van der Waals surface area contributed by atoms with Gasteiger partial charge in [-0.2, -0.15) is 0 Å². The lowest BCUT2D eigenvalue weighted by Gasteiger charge is -2.25. The normalized spacial score (nSPS) is 20.5. The third-order valence-corrected chi connectivity index (χ3v) is 3.50. The quantitative estimate of drug-likeness (QED) is 0.889. The van der Waals surface area contributed by atoms with Crippen LogP contribution in [0.25, 0.3) is 0 Å². The van der Waals surface area contributed by atoms with Crippen molar-refractivity contribution in [1.29, 1.82) is 0 Å². The molecule has 0 bridgehead atoms. The van der Waals surface area contributed by atoms with Gasteiger partial charge in [0.2, 0.25) is 0 Å². The van der Waals surface area contributed by atoms with Crippen LogP contribution in [0.3, 0.4) is 0 Å². The molecule has 2 atom stereocenters. The van der Waals surface area contributed by atoms with Gasteiger partial charge in [0, 0.05) is 31.9 Å². The Balaban J connectivity index is 2.12. The van der Waals surface area contributed by atoms with Gasteiger partial charge in [-0.25, -0.2) is 4.39 Å². The molecule has 1 aliphatic heterocycles. The monoisotopic (exact) mass is 266 g/mol. The van der Waals surface area contributed by atoms with Gasteiger partial charge >= 0.3 is 0 Å². The number of hydrogen-bond donors (Lipinski definition) is 1. The minimum atomic E-state index is -0.204. The molecule has 19 heavy (non-hydrogen) atoms. The van der Waals surface area contributed by atoms with E-state index >= 15 is 0 Å². The second-order valence-corrected chi connectivity index (χ2v) is 5.47. The largest absolute Gasteiger partial charge is 0.376 e. The van der Waals surface area contributed by atoms with Gasteiger partial charge in [-0.3, -0.25) is 0 Å². The number of halogens is 1. The van der Waals surface area contributed by atoms with Crippen LogP contribution in [0.1, 0.15) is 25.3 Å². The zero-order valence-electron chi connectivity index (χ0n) is 11.7. The van der Waals surface area contributed by atoms with E-state index in [1.54, 1.807) is 6.07 Å². The average Bonchev–Trinajstić information content (AvgIpc) is 2.80. The van der Waals surface area contributed by atoms with E-state index in [9.17, 15) is 4.39 Å². The van der Waals surface area contributed by atoms with Crippen LogP contribution in [0.4, 0.5) is 10.1 Å². The minimum absolute atomic E-state index is 0.0247. The number of benzene rings is 1. The van der Waals surface area contributed by atoms with Gasteiger partial charge in [-0.05, 0) is 49.9 Å². The molecule has 0 spiro atoms. The van der Waals surface area contributed by atoms with Crippen molar-refractivity contribution >= 4 is 5.69 Å². The van der Waals surface area contributed by atoms with Crippen LogP contribution < -0.4 is 10.6 Å². The Morgan fingerprint density at radius 2 is 2.32 bits per heavy atom. The molecule has 0 aliphatic carbocycles. The summed E-state index contributed by atoms with van der Waals surface area (Å²) in [5, 5.41) is 0. The lowest BCUT2D eigenvalue weighted by molar-refractivity contribution is 0.116. The number of hydrogen-bond acceptors (Lipinski definition) is 3. The first-order valence-corrected chi connectivity index (χ1v) is 6.93. The van der Waals surface area contributed by atoms with Crippen molar-refractivity contribution in [2.75, 3.05) is 25.1 Å². The van der Waals surface area contributed by atoms with Crippen molar-refractivity contribution in [3.05, 3.63) is 29.6 Å². The molecule has 2 rings (SSSR count). The van der Waals surface area contributed by atoms with E-state index in [0.29, 0.717) is 12.5 Å². The summed E-state index contributed by atoms with van der Waals surface area (Å²) in [6, 6.07) is 4.95. The lowest BCUT2D eigenvalue weighted by Crippen LogP contribution is -2.30. The molecule has 0 amide bonds. The van der Waals surface area contributed by atoms with E-state index in [1.165, 1.54) is 6.07 Å². The second kappa shape index (κ2) is 6.35. The fraction of sp³-hybridized carbons (Fsp3) is 0.600. The third-order valence-electron chi connectivity index (χ3n) is 3.50. The molecule has 1 aliphatic rings. The zero-order valence-corrected chi connectivity index (χ0v) is 11.7. The summed E-state index contributed by atoms with van der Waals surface area (Å²) in [5.41, 5.74) is 7.86. The number of anilines is 1. The smallest absolute Gasteiger partial charge is 0.123 e. The lowest BCUT2D eigenvalue weighted by atomic mass is 10.0. The molecule has 3 nitrogen and oxygen atoms in total. The van der Waals surface area contributed by atoms with Gasteiger partial charge < -0.3 is 15.4 Å². The number of rotatable bonds is 5. The van der Waals surface area contributed by atoms with Crippen LogP contribution in [0.15, 0.2) is 18.2 Å². The van der Waals surface area contributed by atoms with Crippen LogP contribution in [-0.2, 0) is 11.2 Å². The topological polar surface area (TPSA) is 38.5 Å². The molecule has 1 heterocycles. The molecule has 4 heteroatoms. The summed E-state index contributed by atoms with van der Waals surface area (Å²) in [6.07, 6.45) is 3.21. The number of nitrogens with zero attached hydrogens (tertiary/aromatic N) is 1. The predicted octanol–water partition coefficient (Wildman–Crippen LogP) is 2.33. The van der Waals surface area contributed by atoms with Crippen molar-refractivity contribution < 1.29 is 9.13 Å². The number of nitrogens with two attached hydrogens (primary N) is 1. The highest BCUT2D eigenvalue weighted by molar-refractivity contribution is 5.53.